The standard InChI is InChI=1S/C15H11BrN2O4/c1-20-13-5-9(7-17)3-4-12(13)22-14-11(15(19)21-2)6-10(16)8-18-14/h3-6,8H,1-2H3. The number of rotatable bonds is 4. The van der Waals surface area contributed by atoms with Gasteiger partial charge in [-0.25, -0.2) is 9.78 Å². The molecule has 0 aliphatic heterocycles. The molecule has 0 saturated carbocycles. The number of nitrogens with zero attached hydrogens (tertiary/aromatic N) is 2. The minimum atomic E-state index is -0.573. The van der Waals surface area contributed by atoms with Crippen molar-refractivity contribution in [3.8, 4) is 23.4 Å². The maximum atomic E-state index is 11.8. The van der Waals surface area contributed by atoms with Crippen molar-refractivity contribution in [1.82, 2.24) is 4.98 Å². The van der Waals surface area contributed by atoms with Crippen LogP contribution in [0, 0.1) is 11.3 Å². The van der Waals surface area contributed by atoms with Crippen LogP contribution in [0.1, 0.15) is 15.9 Å². The maximum Gasteiger partial charge on any atom is 0.343 e. The monoisotopic (exact) mass is 362 g/mol. The molecular formula is C15H11BrN2O4. The van der Waals surface area contributed by atoms with Gasteiger partial charge in [0, 0.05) is 16.7 Å². The number of aromatic nitrogens is 1. The number of benzene rings is 1. The van der Waals surface area contributed by atoms with Crippen LogP contribution in [-0.4, -0.2) is 25.2 Å². The van der Waals surface area contributed by atoms with Gasteiger partial charge in [0.05, 0.1) is 25.9 Å². The van der Waals surface area contributed by atoms with Crippen LogP contribution in [0.15, 0.2) is 34.9 Å². The molecule has 1 heterocycles. The Morgan fingerprint density at radius 1 is 1.27 bits per heavy atom. The van der Waals surface area contributed by atoms with Crippen molar-refractivity contribution in [3.63, 3.8) is 0 Å². The van der Waals surface area contributed by atoms with Gasteiger partial charge in [0.2, 0.25) is 5.88 Å². The van der Waals surface area contributed by atoms with E-state index in [9.17, 15) is 4.79 Å². The van der Waals surface area contributed by atoms with Crippen LogP contribution in [-0.2, 0) is 4.74 Å². The minimum Gasteiger partial charge on any atom is -0.493 e. The molecule has 7 heteroatoms. The van der Waals surface area contributed by atoms with E-state index in [0.29, 0.717) is 21.5 Å². The fourth-order valence-electron chi connectivity index (χ4n) is 1.69. The van der Waals surface area contributed by atoms with Crippen molar-refractivity contribution in [1.29, 1.82) is 5.26 Å². The molecule has 0 spiro atoms. The van der Waals surface area contributed by atoms with Crippen molar-refractivity contribution in [3.05, 3.63) is 46.1 Å². The lowest BCUT2D eigenvalue weighted by molar-refractivity contribution is 0.0597. The van der Waals surface area contributed by atoms with Gasteiger partial charge in [-0.3, -0.25) is 0 Å². The third-order valence-corrected chi connectivity index (χ3v) is 3.16. The molecule has 0 atom stereocenters. The lowest BCUT2D eigenvalue weighted by atomic mass is 10.2. The van der Waals surface area contributed by atoms with E-state index < -0.39 is 5.97 Å². The molecule has 0 N–H and O–H groups in total. The molecule has 6 nitrogen and oxygen atoms in total. The Labute approximate surface area is 135 Å². The van der Waals surface area contributed by atoms with Crippen LogP contribution in [0.4, 0.5) is 0 Å². The summed E-state index contributed by atoms with van der Waals surface area (Å²) in [4.78, 5) is 15.9. The molecule has 2 rings (SSSR count). The van der Waals surface area contributed by atoms with Crippen LogP contribution >= 0.6 is 15.9 Å². The summed E-state index contributed by atoms with van der Waals surface area (Å²) in [7, 11) is 2.73. The fourth-order valence-corrected chi connectivity index (χ4v) is 2.02. The first-order valence-electron chi connectivity index (χ1n) is 6.09. The molecule has 0 aliphatic carbocycles. The van der Waals surface area contributed by atoms with Crippen LogP contribution in [0.3, 0.4) is 0 Å². The number of carbonyl (C=O) groups is 1. The Morgan fingerprint density at radius 3 is 2.68 bits per heavy atom. The number of hydrogen-bond acceptors (Lipinski definition) is 6. The largest absolute Gasteiger partial charge is 0.493 e. The molecule has 0 fully saturated rings. The SMILES string of the molecule is COC(=O)c1cc(Br)cnc1Oc1ccc(C#N)cc1OC. The highest BCUT2D eigenvalue weighted by molar-refractivity contribution is 9.10. The van der Waals surface area contributed by atoms with Crippen LogP contribution in [0.25, 0.3) is 0 Å². The zero-order valence-electron chi connectivity index (χ0n) is 11.8. The summed E-state index contributed by atoms with van der Waals surface area (Å²) in [5, 5.41) is 8.89. The Balaban J connectivity index is 2.43. The summed E-state index contributed by atoms with van der Waals surface area (Å²) in [5.41, 5.74) is 0.601. The number of hydrogen-bond donors (Lipinski definition) is 0. The van der Waals surface area contributed by atoms with Gasteiger partial charge in [-0.15, -0.1) is 0 Å². The number of halogens is 1. The maximum absolute atomic E-state index is 11.8. The Bertz CT molecular complexity index is 756. The molecule has 0 saturated heterocycles. The first kappa shape index (κ1) is 15.8. The summed E-state index contributed by atoms with van der Waals surface area (Å²) in [6.45, 7) is 0. The Morgan fingerprint density at radius 2 is 2.05 bits per heavy atom. The fraction of sp³-hybridized carbons (Fsp3) is 0.133. The number of methoxy groups -OCH3 is 2. The third-order valence-electron chi connectivity index (χ3n) is 2.72. The van der Waals surface area contributed by atoms with E-state index in [1.165, 1.54) is 26.5 Å². The van der Waals surface area contributed by atoms with E-state index in [-0.39, 0.29) is 11.4 Å². The van der Waals surface area contributed by atoms with Gasteiger partial charge in [-0.2, -0.15) is 5.26 Å². The normalized spacial score (nSPS) is 9.73. The molecule has 0 aliphatic rings. The van der Waals surface area contributed by atoms with Gasteiger partial charge in [-0.1, -0.05) is 0 Å². The van der Waals surface area contributed by atoms with E-state index in [2.05, 4.69) is 20.9 Å². The summed E-state index contributed by atoms with van der Waals surface area (Å²) < 4.78 is 16.1. The van der Waals surface area contributed by atoms with E-state index >= 15 is 0 Å². The highest BCUT2D eigenvalue weighted by atomic mass is 79.9. The number of ether oxygens (including phenoxy) is 3. The van der Waals surface area contributed by atoms with Crippen molar-refractivity contribution >= 4 is 21.9 Å². The number of esters is 1. The second-order valence-electron chi connectivity index (χ2n) is 4.08. The van der Waals surface area contributed by atoms with Crippen molar-refractivity contribution < 1.29 is 19.0 Å². The first-order chi connectivity index (χ1) is 10.6. The molecule has 1 aromatic carbocycles. The van der Waals surface area contributed by atoms with E-state index in [1.54, 1.807) is 18.2 Å². The summed E-state index contributed by atoms with van der Waals surface area (Å²) >= 11 is 3.24. The number of nitriles is 1. The van der Waals surface area contributed by atoms with Crippen molar-refractivity contribution in [2.45, 2.75) is 0 Å². The quantitative estimate of drug-likeness (QED) is 0.776. The first-order valence-corrected chi connectivity index (χ1v) is 6.88. The molecule has 0 unspecified atom stereocenters. The topological polar surface area (TPSA) is 81.4 Å². The van der Waals surface area contributed by atoms with Gasteiger partial charge in [0.15, 0.2) is 11.5 Å². The smallest absolute Gasteiger partial charge is 0.343 e. The molecule has 0 amide bonds. The predicted octanol–water partition coefficient (Wildman–Crippen LogP) is 3.30. The van der Waals surface area contributed by atoms with Crippen molar-refractivity contribution in [2.24, 2.45) is 0 Å². The van der Waals surface area contributed by atoms with E-state index in [0.717, 1.165) is 0 Å². The molecule has 0 radical (unpaired) electrons. The molecule has 22 heavy (non-hydrogen) atoms. The Hall–Kier alpha value is -2.59. The summed E-state index contributed by atoms with van der Waals surface area (Å²) in [6.07, 6.45) is 1.50. The summed E-state index contributed by atoms with van der Waals surface area (Å²) in [5.74, 6) is 0.204. The molecule has 1 aromatic heterocycles. The predicted molar refractivity (Wildman–Crippen MR) is 81.1 cm³/mol. The molecule has 112 valence electrons. The average molecular weight is 363 g/mol. The zero-order valence-corrected chi connectivity index (χ0v) is 13.4. The van der Waals surface area contributed by atoms with Gasteiger partial charge >= 0.3 is 5.97 Å². The average Bonchev–Trinajstić information content (AvgIpc) is 2.55. The number of pyridine rings is 1. The van der Waals surface area contributed by atoms with Gasteiger partial charge in [-0.05, 0) is 34.1 Å². The van der Waals surface area contributed by atoms with Gasteiger partial charge in [0.25, 0.3) is 0 Å². The molecule has 0 bridgehead atoms. The third kappa shape index (κ3) is 3.35. The Kier molecular flexibility index (Phi) is 4.96. The van der Waals surface area contributed by atoms with Crippen LogP contribution in [0.5, 0.6) is 17.4 Å². The minimum absolute atomic E-state index is 0.0815. The van der Waals surface area contributed by atoms with E-state index in [1.807, 2.05) is 6.07 Å². The zero-order chi connectivity index (χ0) is 16.1. The molecule has 2 aromatic rings. The lowest BCUT2D eigenvalue weighted by Crippen LogP contribution is -2.05. The second kappa shape index (κ2) is 6.91. The second-order valence-corrected chi connectivity index (χ2v) is 4.99. The van der Waals surface area contributed by atoms with Gasteiger partial charge < -0.3 is 14.2 Å². The van der Waals surface area contributed by atoms with Crippen molar-refractivity contribution in [2.75, 3.05) is 14.2 Å². The highest BCUT2D eigenvalue weighted by Crippen LogP contribution is 2.33. The van der Waals surface area contributed by atoms with Gasteiger partial charge in [0.1, 0.15) is 5.56 Å². The van der Waals surface area contributed by atoms with Crippen LogP contribution < -0.4 is 9.47 Å². The van der Waals surface area contributed by atoms with Crippen LogP contribution in [0.2, 0.25) is 0 Å². The lowest BCUT2D eigenvalue weighted by Gasteiger charge is -2.12. The highest BCUT2D eigenvalue weighted by Gasteiger charge is 2.17. The van der Waals surface area contributed by atoms with E-state index in [4.69, 9.17) is 19.5 Å². The summed E-state index contributed by atoms with van der Waals surface area (Å²) in [6, 6.07) is 8.24. The molecular weight excluding hydrogens is 352 g/mol. The number of carbonyl (C=O) groups excluding carboxylic acids is 1.